The molecule has 3 nitrogen and oxygen atoms in total. The highest BCUT2D eigenvalue weighted by Crippen LogP contribution is 2.23. The van der Waals surface area contributed by atoms with Gasteiger partial charge in [0.15, 0.2) is 6.61 Å². The number of anilines is 1. The van der Waals surface area contributed by atoms with E-state index in [2.05, 4.69) is 4.74 Å². The van der Waals surface area contributed by atoms with E-state index in [1.165, 1.54) is 24.3 Å². The minimum Gasteiger partial charge on any atom is -0.455 e. The average molecular weight is 251 g/mol. The largest absolute Gasteiger partial charge is 0.455 e. The summed E-state index contributed by atoms with van der Waals surface area (Å²) in [5, 5.41) is 0. The molecule has 0 saturated heterocycles. The second kappa shape index (κ2) is 5.03. The van der Waals surface area contributed by atoms with E-state index in [1.807, 2.05) is 0 Å². The summed E-state index contributed by atoms with van der Waals surface area (Å²) in [7, 11) is 0. The summed E-state index contributed by atoms with van der Waals surface area (Å²) in [5.74, 6) is -5.45. The Morgan fingerprint density at radius 2 is 1.82 bits per heavy atom. The van der Waals surface area contributed by atoms with Crippen molar-refractivity contribution < 1.29 is 27.1 Å². The molecule has 0 atom stereocenters. The fourth-order valence-electron chi connectivity index (χ4n) is 0.927. The number of alkyl halides is 4. The number of benzene rings is 1. The molecule has 0 bridgehead atoms. The molecule has 17 heavy (non-hydrogen) atoms. The first-order valence-corrected chi connectivity index (χ1v) is 4.51. The third kappa shape index (κ3) is 3.61. The Bertz CT molecular complexity index is 392. The van der Waals surface area contributed by atoms with E-state index in [-0.39, 0.29) is 5.56 Å². The van der Waals surface area contributed by atoms with Gasteiger partial charge in [-0.05, 0) is 24.3 Å². The standard InChI is InChI=1S/C10H9F4NO2/c11-9(12)10(13,14)5-17-8(16)6-1-3-7(15)4-2-6/h1-4,9H,5,15H2. The molecule has 0 aliphatic rings. The highest BCUT2D eigenvalue weighted by molar-refractivity contribution is 5.89. The highest BCUT2D eigenvalue weighted by Gasteiger charge is 2.42. The third-order valence-corrected chi connectivity index (χ3v) is 1.86. The summed E-state index contributed by atoms with van der Waals surface area (Å²) in [5.41, 5.74) is 5.68. The lowest BCUT2D eigenvalue weighted by atomic mass is 10.2. The highest BCUT2D eigenvalue weighted by atomic mass is 19.3. The topological polar surface area (TPSA) is 52.3 Å². The van der Waals surface area contributed by atoms with Gasteiger partial charge in [-0.1, -0.05) is 0 Å². The van der Waals surface area contributed by atoms with Gasteiger partial charge in [-0.25, -0.2) is 13.6 Å². The molecule has 7 heteroatoms. The van der Waals surface area contributed by atoms with Crippen LogP contribution in [0, 0.1) is 0 Å². The van der Waals surface area contributed by atoms with Crippen LogP contribution in [0.15, 0.2) is 24.3 Å². The Hall–Kier alpha value is -1.79. The lowest BCUT2D eigenvalue weighted by molar-refractivity contribution is -0.155. The Labute approximate surface area is 94.2 Å². The summed E-state index contributed by atoms with van der Waals surface area (Å²) in [6.45, 7) is -1.66. The summed E-state index contributed by atoms with van der Waals surface area (Å²) < 4.78 is 52.5. The predicted molar refractivity (Wildman–Crippen MR) is 52.1 cm³/mol. The molecule has 0 amide bonds. The maximum Gasteiger partial charge on any atom is 0.340 e. The van der Waals surface area contributed by atoms with E-state index >= 15 is 0 Å². The summed E-state index contributed by atoms with van der Waals surface area (Å²) in [6.07, 6.45) is -3.87. The lowest BCUT2D eigenvalue weighted by Crippen LogP contribution is -2.33. The van der Waals surface area contributed by atoms with Crippen molar-refractivity contribution in [3.63, 3.8) is 0 Å². The Kier molecular flexibility index (Phi) is 3.93. The van der Waals surface area contributed by atoms with Crippen LogP contribution in [0.1, 0.15) is 10.4 Å². The fourth-order valence-corrected chi connectivity index (χ4v) is 0.927. The molecule has 94 valence electrons. The smallest absolute Gasteiger partial charge is 0.340 e. The first-order chi connectivity index (χ1) is 7.83. The molecule has 0 radical (unpaired) electrons. The SMILES string of the molecule is Nc1ccc(C(=O)OCC(F)(F)C(F)F)cc1. The molecular formula is C10H9F4NO2. The van der Waals surface area contributed by atoms with Crippen molar-refractivity contribution in [3.05, 3.63) is 29.8 Å². The molecule has 1 aromatic rings. The van der Waals surface area contributed by atoms with Crippen molar-refractivity contribution in [1.82, 2.24) is 0 Å². The molecule has 1 rings (SSSR count). The molecule has 0 fully saturated rings. The zero-order valence-electron chi connectivity index (χ0n) is 8.50. The first-order valence-electron chi connectivity index (χ1n) is 4.51. The second-order valence-corrected chi connectivity index (χ2v) is 3.26. The molecule has 0 unspecified atom stereocenters. The summed E-state index contributed by atoms with van der Waals surface area (Å²) in [6, 6.07) is 5.22. The van der Waals surface area contributed by atoms with Gasteiger partial charge in [0.2, 0.25) is 0 Å². The van der Waals surface area contributed by atoms with E-state index < -0.39 is 24.9 Å². The second-order valence-electron chi connectivity index (χ2n) is 3.26. The van der Waals surface area contributed by atoms with Crippen molar-refractivity contribution in [1.29, 1.82) is 0 Å². The number of carbonyl (C=O) groups excluding carboxylic acids is 1. The number of hydrogen-bond acceptors (Lipinski definition) is 3. The number of hydrogen-bond donors (Lipinski definition) is 1. The van der Waals surface area contributed by atoms with Gasteiger partial charge in [0, 0.05) is 5.69 Å². The molecule has 0 aromatic heterocycles. The van der Waals surface area contributed by atoms with Crippen LogP contribution in [-0.4, -0.2) is 24.9 Å². The van der Waals surface area contributed by atoms with E-state index in [0.29, 0.717) is 5.69 Å². The van der Waals surface area contributed by atoms with E-state index in [0.717, 1.165) is 0 Å². The Balaban J connectivity index is 2.59. The monoisotopic (exact) mass is 251 g/mol. The van der Waals surface area contributed by atoms with Gasteiger partial charge in [-0.3, -0.25) is 0 Å². The van der Waals surface area contributed by atoms with Gasteiger partial charge in [0.1, 0.15) is 0 Å². The molecule has 0 saturated carbocycles. The van der Waals surface area contributed by atoms with E-state index in [4.69, 9.17) is 5.73 Å². The fraction of sp³-hybridized carbons (Fsp3) is 0.300. The number of halogens is 4. The number of ether oxygens (including phenoxy) is 1. The van der Waals surface area contributed by atoms with Gasteiger partial charge < -0.3 is 10.5 Å². The zero-order valence-corrected chi connectivity index (χ0v) is 8.50. The minimum atomic E-state index is -4.34. The minimum absolute atomic E-state index is 0.0377. The average Bonchev–Trinajstić information content (AvgIpc) is 2.27. The van der Waals surface area contributed by atoms with Crippen molar-refractivity contribution in [2.45, 2.75) is 12.3 Å². The predicted octanol–water partition coefficient (Wildman–Crippen LogP) is 2.33. The number of rotatable bonds is 4. The number of nitrogen functional groups attached to an aromatic ring is 1. The van der Waals surface area contributed by atoms with Gasteiger partial charge in [0.05, 0.1) is 5.56 Å². The number of esters is 1. The van der Waals surface area contributed by atoms with Crippen molar-refractivity contribution in [2.24, 2.45) is 0 Å². The van der Waals surface area contributed by atoms with Crippen LogP contribution >= 0.6 is 0 Å². The molecular weight excluding hydrogens is 242 g/mol. The molecule has 1 aromatic carbocycles. The van der Waals surface area contributed by atoms with Crippen LogP contribution in [0.25, 0.3) is 0 Å². The van der Waals surface area contributed by atoms with Crippen molar-refractivity contribution in [2.75, 3.05) is 12.3 Å². The molecule has 0 spiro atoms. The van der Waals surface area contributed by atoms with Crippen molar-refractivity contribution >= 4 is 11.7 Å². The first kappa shape index (κ1) is 13.3. The van der Waals surface area contributed by atoms with Crippen molar-refractivity contribution in [3.8, 4) is 0 Å². The van der Waals surface area contributed by atoms with Gasteiger partial charge in [-0.2, -0.15) is 8.78 Å². The van der Waals surface area contributed by atoms with Gasteiger partial charge >= 0.3 is 18.3 Å². The summed E-state index contributed by atoms with van der Waals surface area (Å²) >= 11 is 0. The third-order valence-electron chi connectivity index (χ3n) is 1.86. The summed E-state index contributed by atoms with van der Waals surface area (Å²) in [4.78, 5) is 11.2. The van der Waals surface area contributed by atoms with Crippen LogP contribution in [0.2, 0.25) is 0 Å². The normalized spacial score (nSPS) is 11.6. The molecule has 0 aliphatic heterocycles. The Morgan fingerprint density at radius 3 is 2.29 bits per heavy atom. The van der Waals surface area contributed by atoms with E-state index in [1.54, 1.807) is 0 Å². The lowest BCUT2D eigenvalue weighted by Gasteiger charge is -2.14. The molecule has 0 heterocycles. The zero-order chi connectivity index (χ0) is 13.1. The maximum absolute atomic E-state index is 12.4. The van der Waals surface area contributed by atoms with Crippen LogP contribution in [0.3, 0.4) is 0 Å². The van der Waals surface area contributed by atoms with Gasteiger partial charge in [0.25, 0.3) is 0 Å². The van der Waals surface area contributed by atoms with Crippen LogP contribution in [0.4, 0.5) is 23.2 Å². The van der Waals surface area contributed by atoms with Crippen LogP contribution in [0.5, 0.6) is 0 Å². The molecule has 2 N–H and O–H groups in total. The van der Waals surface area contributed by atoms with Crippen LogP contribution < -0.4 is 5.73 Å². The van der Waals surface area contributed by atoms with Crippen LogP contribution in [-0.2, 0) is 4.74 Å². The molecule has 0 aliphatic carbocycles. The number of carbonyl (C=O) groups is 1. The van der Waals surface area contributed by atoms with E-state index in [9.17, 15) is 22.4 Å². The Morgan fingerprint density at radius 1 is 1.29 bits per heavy atom. The maximum atomic E-state index is 12.4. The van der Waals surface area contributed by atoms with Gasteiger partial charge in [-0.15, -0.1) is 0 Å². The number of nitrogens with two attached hydrogens (primary N) is 1. The quantitative estimate of drug-likeness (QED) is 0.507.